The summed E-state index contributed by atoms with van der Waals surface area (Å²) in [4.78, 5) is 14.0. The van der Waals surface area contributed by atoms with Crippen LogP contribution in [-0.2, 0) is 4.79 Å². The molecular weight excluding hydrogens is 214 g/mol. The Morgan fingerprint density at radius 3 is 2.82 bits per heavy atom. The Labute approximate surface area is 105 Å². The minimum Gasteiger partial charge on any atom is -0.355 e. The van der Waals surface area contributed by atoms with Gasteiger partial charge in [0.05, 0.1) is 0 Å². The summed E-state index contributed by atoms with van der Waals surface area (Å²) in [7, 11) is 0. The number of hydrogen-bond donors (Lipinski definition) is 2. The molecule has 1 atom stereocenters. The first kappa shape index (κ1) is 14.5. The van der Waals surface area contributed by atoms with Gasteiger partial charge in [0.15, 0.2) is 0 Å². The molecule has 1 fully saturated rings. The molecule has 0 saturated carbocycles. The van der Waals surface area contributed by atoms with E-state index >= 15 is 0 Å². The molecule has 0 radical (unpaired) electrons. The maximum Gasteiger partial charge on any atom is 0.220 e. The van der Waals surface area contributed by atoms with E-state index in [1.54, 1.807) is 0 Å². The van der Waals surface area contributed by atoms with E-state index < -0.39 is 0 Å². The van der Waals surface area contributed by atoms with Gasteiger partial charge in [0.2, 0.25) is 5.91 Å². The predicted octanol–water partition coefficient (Wildman–Crippen LogP) is 0.834. The monoisotopic (exact) mass is 241 g/mol. The highest BCUT2D eigenvalue weighted by Gasteiger charge is 2.17. The van der Waals surface area contributed by atoms with Gasteiger partial charge in [0.1, 0.15) is 0 Å². The molecule has 2 N–H and O–H groups in total. The van der Waals surface area contributed by atoms with Crippen molar-refractivity contribution in [1.82, 2.24) is 15.5 Å². The Hall–Kier alpha value is -0.610. The second kappa shape index (κ2) is 8.48. The first-order valence-electron chi connectivity index (χ1n) is 6.96. The number of rotatable bonds is 8. The van der Waals surface area contributed by atoms with Gasteiger partial charge >= 0.3 is 0 Å². The minimum atomic E-state index is 0.214. The number of likely N-dealkylation sites (N-methyl/N-ethyl adjacent to an activating group) is 1. The van der Waals surface area contributed by atoms with Crippen LogP contribution in [0.3, 0.4) is 0 Å². The van der Waals surface area contributed by atoms with Gasteiger partial charge in [-0.3, -0.25) is 4.79 Å². The van der Waals surface area contributed by atoms with Crippen LogP contribution in [-0.4, -0.2) is 50.1 Å². The van der Waals surface area contributed by atoms with Crippen molar-refractivity contribution in [3.63, 3.8) is 0 Å². The molecule has 1 unspecified atom stereocenters. The molecule has 0 aromatic heterocycles. The van der Waals surface area contributed by atoms with E-state index in [2.05, 4.69) is 29.4 Å². The predicted molar refractivity (Wildman–Crippen MR) is 71.0 cm³/mol. The van der Waals surface area contributed by atoms with Crippen LogP contribution >= 0.6 is 0 Å². The molecule has 1 heterocycles. The molecule has 0 aromatic carbocycles. The highest BCUT2D eigenvalue weighted by Crippen LogP contribution is 2.11. The normalized spacial score (nSPS) is 19.8. The van der Waals surface area contributed by atoms with E-state index in [4.69, 9.17) is 0 Å². The van der Waals surface area contributed by atoms with Gasteiger partial charge in [0, 0.05) is 19.5 Å². The van der Waals surface area contributed by atoms with Gasteiger partial charge in [-0.25, -0.2) is 0 Å². The van der Waals surface area contributed by atoms with Crippen LogP contribution in [0.15, 0.2) is 0 Å². The quantitative estimate of drug-likeness (QED) is 0.662. The van der Waals surface area contributed by atoms with E-state index in [0.717, 1.165) is 45.7 Å². The topological polar surface area (TPSA) is 44.4 Å². The Balaban J connectivity index is 2.06. The van der Waals surface area contributed by atoms with Crippen molar-refractivity contribution in [3.8, 4) is 0 Å². The smallest absolute Gasteiger partial charge is 0.220 e. The molecule has 1 aliphatic heterocycles. The molecule has 0 spiro atoms. The second-order valence-electron chi connectivity index (χ2n) is 4.85. The average Bonchev–Trinajstić information content (AvgIpc) is 2.80. The molecular formula is C13H27N3O. The van der Waals surface area contributed by atoms with Crippen LogP contribution in [0, 0.1) is 5.92 Å². The number of amides is 1. The molecule has 1 amide bonds. The fraction of sp³-hybridized carbons (Fsp3) is 0.923. The zero-order valence-corrected chi connectivity index (χ0v) is 11.3. The summed E-state index contributed by atoms with van der Waals surface area (Å²) in [5.41, 5.74) is 0. The molecule has 4 nitrogen and oxygen atoms in total. The third-order valence-electron chi connectivity index (χ3n) is 3.37. The number of nitrogens with one attached hydrogen (secondary N) is 2. The summed E-state index contributed by atoms with van der Waals surface area (Å²) in [6.07, 6.45) is 3.01. The van der Waals surface area contributed by atoms with E-state index in [1.165, 1.54) is 6.42 Å². The Bertz CT molecular complexity index is 215. The van der Waals surface area contributed by atoms with Crippen molar-refractivity contribution in [1.29, 1.82) is 0 Å². The van der Waals surface area contributed by atoms with Gasteiger partial charge in [-0.2, -0.15) is 0 Å². The van der Waals surface area contributed by atoms with E-state index in [1.807, 2.05) is 0 Å². The number of carbonyl (C=O) groups excluding carboxylic acids is 1. The Morgan fingerprint density at radius 1 is 1.41 bits per heavy atom. The van der Waals surface area contributed by atoms with Crippen LogP contribution in [0.4, 0.5) is 0 Å². The minimum absolute atomic E-state index is 0.214. The van der Waals surface area contributed by atoms with Crippen LogP contribution in [0.5, 0.6) is 0 Å². The SMILES string of the molecule is CCCN(CC)CCNC(=O)CC1CCNC1. The third-order valence-corrected chi connectivity index (χ3v) is 3.37. The highest BCUT2D eigenvalue weighted by atomic mass is 16.1. The fourth-order valence-corrected chi connectivity index (χ4v) is 2.32. The zero-order valence-electron chi connectivity index (χ0n) is 11.3. The Morgan fingerprint density at radius 2 is 2.24 bits per heavy atom. The maximum atomic E-state index is 11.7. The highest BCUT2D eigenvalue weighted by molar-refractivity contribution is 5.76. The molecule has 100 valence electrons. The molecule has 4 heteroatoms. The van der Waals surface area contributed by atoms with Crippen molar-refractivity contribution in [2.24, 2.45) is 5.92 Å². The summed E-state index contributed by atoms with van der Waals surface area (Å²) >= 11 is 0. The van der Waals surface area contributed by atoms with Crippen molar-refractivity contribution in [2.75, 3.05) is 39.3 Å². The molecule has 0 bridgehead atoms. The number of nitrogens with zero attached hydrogens (tertiary/aromatic N) is 1. The first-order valence-corrected chi connectivity index (χ1v) is 6.96. The van der Waals surface area contributed by atoms with E-state index in [-0.39, 0.29) is 5.91 Å². The van der Waals surface area contributed by atoms with Crippen LogP contribution in [0.25, 0.3) is 0 Å². The standard InChI is InChI=1S/C13H27N3O/c1-3-8-16(4-2)9-7-15-13(17)10-12-5-6-14-11-12/h12,14H,3-11H2,1-2H3,(H,15,17). The summed E-state index contributed by atoms with van der Waals surface area (Å²) in [6, 6.07) is 0. The second-order valence-corrected chi connectivity index (χ2v) is 4.85. The van der Waals surface area contributed by atoms with Gasteiger partial charge in [-0.15, -0.1) is 0 Å². The largest absolute Gasteiger partial charge is 0.355 e. The lowest BCUT2D eigenvalue weighted by Gasteiger charge is -2.19. The van der Waals surface area contributed by atoms with Crippen molar-refractivity contribution in [3.05, 3.63) is 0 Å². The van der Waals surface area contributed by atoms with E-state index in [0.29, 0.717) is 12.3 Å². The van der Waals surface area contributed by atoms with E-state index in [9.17, 15) is 4.79 Å². The summed E-state index contributed by atoms with van der Waals surface area (Å²) in [6.45, 7) is 10.4. The number of carbonyl (C=O) groups is 1. The lowest BCUT2D eigenvalue weighted by atomic mass is 10.0. The molecule has 17 heavy (non-hydrogen) atoms. The summed E-state index contributed by atoms with van der Waals surface area (Å²) in [5, 5.41) is 6.31. The van der Waals surface area contributed by atoms with Gasteiger partial charge in [-0.05, 0) is 44.9 Å². The van der Waals surface area contributed by atoms with Crippen molar-refractivity contribution < 1.29 is 4.79 Å². The first-order chi connectivity index (χ1) is 8.26. The zero-order chi connectivity index (χ0) is 12.5. The Kier molecular flexibility index (Phi) is 7.21. The number of hydrogen-bond acceptors (Lipinski definition) is 3. The molecule has 1 saturated heterocycles. The third kappa shape index (κ3) is 6.03. The summed E-state index contributed by atoms with van der Waals surface area (Å²) < 4.78 is 0. The van der Waals surface area contributed by atoms with Crippen molar-refractivity contribution >= 4 is 5.91 Å². The van der Waals surface area contributed by atoms with Gasteiger partial charge < -0.3 is 15.5 Å². The maximum absolute atomic E-state index is 11.7. The van der Waals surface area contributed by atoms with Gasteiger partial charge in [0.25, 0.3) is 0 Å². The average molecular weight is 241 g/mol. The van der Waals surface area contributed by atoms with Crippen molar-refractivity contribution in [2.45, 2.75) is 33.1 Å². The van der Waals surface area contributed by atoms with Gasteiger partial charge in [-0.1, -0.05) is 13.8 Å². The fourth-order valence-electron chi connectivity index (χ4n) is 2.32. The molecule has 1 rings (SSSR count). The van der Waals surface area contributed by atoms with Crippen LogP contribution < -0.4 is 10.6 Å². The lowest BCUT2D eigenvalue weighted by Crippen LogP contribution is -2.36. The molecule has 0 aliphatic carbocycles. The lowest BCUT2D eigenvalue weighted by molar-refractivity contribution is -0.121. The molecule has 0 aromatic rings. The van der Waals surface area contributed by atoms with Crippen LogP contribution in [0.2, 0.25) is 0 Å². The molecule has 1 aliphatic rings. The van der Waals surface area contributed by atoms with Crippen LogP contribution in [0.1, 0.15) is 33.1 Å². The summed E-state index contributed by atoms with van der Waals surface area (Å²) in [5.74, 6) is 0.763.